The van der Waals surface area contributed by atoms with Crippen LogP contribution in [-0.4, -0.2) is 62.2 Å². The van der Waals surface area contributed by atoms with E-state index in [2.05, 4.69) is 5.18 Å². The van der Waals surface area contributed by atoms with Crippen LogP contribution < -0.4 is 18.9 Å². The molecule has 7 N–H and O–H groups in total. The monoisotopic (exact) mass is 918 g/mol. The van der Waals surface area contributed by atoms with Crippen LogP contribution in [-0.2, 0) is 44.7 Å². The number of hydrogen-bond acceptors (Lipinski definition) is 13. The number of ether oxygens (including phenoxy) is 4. The first-order chi connectivity index (χ1) is 29.7. The minimum Gasteiger partial charge on any atom is -0.493 e. The van der Waals surface area contributed by atoms with Gasteiger partial charge in [0.15, 0.2) is 0 Å². The average molecular weight is 918 g/mol. The molecule has 0 atom stereocenters. The first kappa shape index (κ1) is 54.0. The summed E-state index contributed by atoms with van der Waals surface area (Å²) in [5.74, 6) is 1.22. The maximum absolute atomic E-state index is 12.1. The second-order valence-electron chi connectivity index (χ2n) is 22.2. The van der Waals surface area contributed by atoms with Gasteiger partial charge in [-0.2, -0.15) is 0 Å². The highest BCUT2D eigenvalue weighted by Gasteiger charge is 2.38. The molecule has 4 aromatic rings. The Bertz CT molecular complexity index is 2030. The zero-order valence-electron chi connectivity index (χ0n) is 41.9. The normalized spacial score (nSPS) is 13.7. The molecule has 0 aliphatic rings. The van der Waals surface area contributed by atoms with Gasteiger partial charge in [-0.1, -0.05) is 11.2 Å². The number of nitrogens with zero attached hydrogens (tertiary/aromatic N) is 1. The van der Waals surface area contributed by atoms with Gasteiger partial charge in [0, 0.05) is 0 Å². The quantitative estimate of drug-likeness (QED) is 0.0391. The predicted octanol–water partition coefficient (Wildman–Crippen LogP) is 8.88. The smallest absolute Gasteiger partial charge is 0.122 e. The molecule has 66 heavy (non-hydrogen) atoms. The van der Waals surface area contributed by atoms with E-state index >= 15 is 0 Å². The largest absolute Gasteiger partial charge is 0.493 e. The Morgan fingerprint density at radius 3 is 0.652 bits per heavy atom. The van der Waals surface area contributed by atoms with Crippen LogP contribution in [0.2, 0.25) is 0 Å². The van der Waals surface area contributed by atoms with Crippen LogP contribution in [0.3, 0.4) is 0 Å². The fraction of sp³-hybridized carbons (Fsp3) is 0.547. The van der Waals surface area contributed by atoms with E-state index in [1.807, 2.05) is 0 Å². The molecule has 0 aliphatic heterocycles. The van der Waals surface area contributed by atoms with Gasteiger partial charge >= 0.3 is 0 Å². The van der Waals surface area contributed by atoms with Crippen LogP contribution in [0.5, 0.6) is 23.0 Å². The van der Waals surface area contributed by atoms with Crippen molar-refractivity contribution in [2.45, 2.75) is 156 Å². The number of hydrogen-bond donors (Lipinski definition) is 7. The van der Waals surface area contributed by atoms with E-state index in [1.54, 1.807) is 184 Å². The minimum absolute atomic E-state index is 0.180. The molecule has 0 radical (unpaired) electrons. The standard InChI is InChI=1S/C53H75NO12/c1-45(2,54-62)33-17-34(46(3,4)55)22-41(21-33)63-29-53(30-64-42-23-35(47(5,6)56)18-36(24-42)48(7,8)57,31-65-43-25-37(49(9,10)58)19-38(26-43)50(11,12)59)32-66-44-27-39(51(13,14)60)20-40(28-44)52(15,16)61/h17-28,55-61H,29-32H2,1-16H3. The maximum atomic E-state index is 12.1. The summed E-state index contributed by atoms with van der Waals surface area (Å²) >= 11 is 0. The molecule has 0 aliphatic carbocycles. The Hall–Kier alpha value is -4.60. The van der Waals surface area contributed by atoms with Gasteiger partial charge in [-0.25, -0.2) is 0 Å². The molecule has 0 heterocycles. The summed E-state index contributed by atoms with van der Waals surface area (Å²) in [6.45, 7) is 25.4. The van der Waals surface area contributed by atoms with Crippen molar-refractivity contribution in [3.8, 4) is 23.0 Å². The molecule has 0 aromatic heterocycles. The van der Waals surface area contributed by atoms with E-state index < -0.39 is 50.2 Å². The van der Waals surface area contributed by atoms with Gasteiger partial charge in [0.2, 0.25) is 0 Å². The Morgan fingerprint density at radius 1 is 0.318 bits per heavy atom. The van der Waals surface area contributed by atoms with Crippen molar-refractivity contribution in [1.29, 1.82) is 0 Å². The van der Waals surface area contributed by atoms with E-state index in [0.29, 0.717) is 67.5 Å². The summed E-state index contributed by atoms with van der Waals surface area (Å²) in [7, 11) is 0. The van der Waals surface area contributed by atoms with Crippen molar-refractivity contribution in [2.75, 3.05) is 26.4 Å². The molecule has 0 spiro atoms. The Labute approximate surface area is 391 Å². The average Bonchev–Trinajstić information content (AvgIpc) is 3.17. The van der Waals surface area contributed by atoms with Gasteiger partial charge in [-0.15, -0.1) is 4.91 Å². The van der Waals surface area contributed by atoms with Crippen molar-refractivity contribution in [3.05, 3.63) is 122 Å². The summed E-state index contributed by atoms with van der Waals surface area (Å²) in [6, 6.07) is 20.3. The molecule has 4 aromatic carbocycles. The SMILES string of the molecule is CC(C)(O)c1cc(OCC(COc2cc(C(C)(C)O)cc(C(C)(C)O)c2)(COc2cc(C(C)(C)O)cc(C(C)(C)O)c2)COc2cc(C(C)(C)O)cc(C(C)(C)N=O)c2)cc(C(C)(C)O)c1. The first-order valence-corrected chi connectivity index (χ1v) is 22.3. The first-order valence-electron chi connectivity index (χ1n) is 22.3. The summed E-state index contributed by atoms with van der Waals surface area (Å²) in [5, 5.41) is 81.4. The lowest BCUT2D eigenvalue weighted by molar-refractivity contribution is -0.00481. The molecule has 13 heteroatoms. The van der Waals surface area contributed by atoms with Crippen LogP contribution >= 0.6 is 0 Å². The third-order valence-electron chi connectivity index (χ3n) is 11.7. The van der Waals surface area contributed by atoms with Crippen LogP contribution in [0.25, 0.3) is 0 Å². The lowest BCUT2D eigenvalue weighted by atomic mass is 9.88. The lowest BCUT2D eigenvalue weighted by Gasteiger charge is -2.34. The molecule has 0 bridgehead atoms. The van der Waals surface area contributed by atoms with Crippen molar-refractivity contribution < 1.29 is 54.7 Å². The minimum atomic E-state index is -1.34. The summed E-state index contributed by atoms with van der Waals surface area (Å²) < 4.78 is 26.7. The second-order valence-corrected chi connectivity index (χ2v) is 22.2. The molecule has 364 valence electrons. The molecule has 0 saturated carbocycles. The van der Waals surface area contributed by atoms with E-state index in [9.17, 15) is 40.7 Å². The van der Waals surface area contributed by atoms with E-state index in [1.165, 1.54) is 0 Å². The second kappa shape index (κ2) is 18.8. The molecular formula is C53H75NO12. The van der Waals surface area contributed by atoms with E-state index in [0.717, 1.165) is 0 Å². The molecule has 4 rings (SSSR count). The topological polar surface area (TPSA) is 208 Å². The van der Waals surface area contributed by atoms with Gasteiger partial charge < -0.3 is 54.7 Å². The van der Waals surface area contributed by atoms with Crippen molar-refractivity contribution in [1.82, 2.24) is 0 Å². The van der Waals surface area contributed by atoms with E-state index in [4.69, 9.17) is 18.9 Å². The van der Waals surface area contributed by atoms with Crippen molar-refractivity contribution in [3.63, 3.8) is 0 Å². The lowest BCUT2D eigenvalue weighted by Crippen LogP contribution is -2.45. The van der Waals surface area contributed by atoms with Crippen LogP contribution in [0, 0.1) is 10.3 Å². The Balaban J connectivity index is 2.00. The number of nitroso groups, excluding NO2 is 1. The number of aliphatic hydroxyl groups is 7. The molecule has 0 unspecified atom stereocenters. The van der Waals surface area contributed by atoms with Gasteiger partial charge in [0.1, 0.15) is 60.4 Å². The van der Waals surface area contributed by atoms with Crippen LogP contribution in [0.1, 0.15) is 155 Å². The highest BCUT2D eigenvalue weighted by atomic mass is 16.5. The molecule has 0 saturated heterocycles. The Kier molecular flexibility index (Phi) is 15.4. The Morgan fingerprint density at radius 2 is 0.485 bits per heavy atom. The highest BCUT2D eigenvalue weighted by molar-refractivity contribution is 5.43. The third kappa shape index (κ3) is 14.5. The summed E-state index contributed by atoms with van der Waals surface area (Å²) in [5.41, 5.74) is -7.84. The molecule has 13 nitrogen and oxygen atoms in total. The third-order valence-corrected chi connectivity index (χ3v) is 11.7. The fourth-order valence-electron chi connectivity index (χ4n) is 6.80. The van der Waals surface area contributed by atoms with Gasteiger partial charge in [-0.05, 0) is 222 Å². The van der Waals surface area contributed by atoms with Gasteiger partial charge in [-0.3, -0.25) is 0 Å². The van der Waals surface area contributed by atoms with Crippen molar-refractivity contribution in [2.24, 2.45) is 10.6 Å². The van der Waals surface area contributed by atoms with Gasteiger partial charge in [0.25, 0.3) is 0 Å². The molecular weight excluding hydrogens is 843 g/mol. The summed E-state index contributed by atoms with van der Waals surface area (Å²) in [6.07, 6.45) is 0. The molecule has 0 fully saturated rings. The van der Waals surface area contributed by atoms with Crippen LogP contribution in [0.15, 0.2) is 78.0 Å². The maximum Gasteiger partial charge on any atom is 0.122 e. The fourth-order valence-corrected chi connectivity index (χ4v) is 6.80. The zero-order chi connectivity index (χ0) is 50.3. The summed E-state index contributed by atoms with van der Waals surface area (Å²) in [4.78, 5) is 12.1. The van der Waals surface area contributed by atoms with Gasteiger partial charge in [0.05, 0.1) is 39.2 Å². The molecule has 0 amide bonds. The highest BCUT2D eigenvalue weighted by Crippen LogP contribution is 2.38. The number of rotatable bonds is 21. The zero-order valence-corrected chi connectivity index (χ0v) is 41.9. The van der Waals surface area contributed by atoms with Crippen LogP contribution in [0.4, 0.5) is 0 Å². The van der Waals surface area contributed by atoms with E-state index in [-0.39, 0.29) is 26.4 Å². The number of benzene rings is 4. The van der Waals surface area contributed by atoms with Crippen molar-refractivity contribution >= 4 is 0 Å². The predicted molar refractivity (Wildman–Crippen MR) is 256 cm³/mol.